The maximum atomic E-state index is 12.5. The lowest BCUT2D eigenvalue weighted by Crippen LogP contribution is -2.21. The zero-order valence-corrected chi connectivity index (χ0v) is 16.9. The van der Waals surface area contributed by atoms with Crippen LogP contribution in [0.2, 0.25) is 0 Å². The molecule has 1 amide bonds. The number of nitrogens with zero attached hydrogens (tertiary/aromatic N) is 2. The lowest BCUT2D eigenvalue weighted by molar-refractivity contribution is -0.138. The van der Waals surface area contributed by atoms with E-state index in [1.54, 1.807) is 11.4 Å². The van der Waals surface area contributed by atoms with Crippen LogP contribution in [0.4, 0.5) is 10.8 Å². The van der Waals surface area contributed by atoms with E-state index < -0.39 is 17.5 Å². The highest BCUT2D eigenvalue weighted by Crippen LogP contribution is 2.27. The van der Waals surface area contributed by atoms with Crippen molar-refractivity contribution in [3.8, 4) is 11.3 Å². The van der Waals surface area contributed by atoms with Gasteiger partial charge in [-0.1, -0.05) is 0 Å². The van der Waals surface area contributed by atoms with Crippen LogP contribution in [0.1, 0.15) is 26.7 Å². The van der Waals surface area contributed by atoms with Crippen LogP contribution in [0.3, 0.4) is 0 Å². The quantitative estimate of drug-likeness (QED) is 0.541. The molecule has 0 unspecified atom stereocenters. The number of hydrogen-bond donors (Lipinski definition) is 2. The molecule has 2 heterocycles. The van der Waals surface area contributed by atoms with E-state index >= 15 is 0 Å². The molecule has 0 bridgehead atoms. The number of amides is 1. The Labute approximate surface area is 170 Å². The first kappa shape index (κ1) is 20.5. The van der Waals surface area contributed by atoms with Gasteiger partial charge in [0.2, 0.25) is 5.91 Å². The molecule has 8 nitrogen and oxygen atoms in total. The minimum Gasteiger partial charge on any atom is -0.481 e. The van der Waals surface area contributed by atoms with Crippen molar-refractivity contribution in [3.63, 3.8) is 0 Å². The summed E-state index contributed by atoms with van der Waals surface area (Å²) in [6, 6.07) is 7.45. The normalized spacial score (nSPS) is 10.8. The Morgan fingerprint density at radius 1 is 1.21 bits per heavy atom. The first-order valence-electron chi connectivity index (χ1n) is 9.21. The minimum absolute atomic E-state index is 0.142. The molecule has 0 saturated heterocycles. The predicted octanol–water partition coefficient (Wildman–Crippen LogP) is 3.57. The van der Waals surface area contributed by atoms with Gasteiger partial charge < -0.3 is 19.7 Å². The summed E-state index contributed by atoms with van der Waals surface area (Å²) in [5.41, 5.74) is 1.67. The lowest BCUT2D eigenvalue weighted by atomic mass is 10.1. The minimum atomic E-state index is -1.04. The van der Waals surface area contributed by atoms with Crippen LogP contribution in [-0.4, -0.2) is 35.1 Å². The van der Waals surface area contributed by atoms with E-state index in [-0.39, 0.29) is 12.8 Å². The molecule has 3 aromatic rings. The zero-order valence-electron chi connectivity index (χ0n) is 16.1. The van der Waals surface area contributed by atoms with Crippen molar-refractivity contribution in [3.05, 3.63) is 40.1 Å². The number of carbonyl (C=O) groups excluding carboxylic acids is 1. The Balaban J connectivity index is 1.85. The third kappa shape index (κ3) is 4.80. The molecule has 2 N–H and O–H groups in total. The van der Waals surface area contributed by atoms with Crippen molar-refractivity contribution in [2.75, 3.05) is 23.3 Å². The molecule has 29 heavy (non-hydrogen) atoms. The van der Waals surface area contributed by atoms with Crippen molar-refractivity contribution < 1.29 is 19.1 Å². The molecule has 0 spiro atoms. The van der Waals surface area contributed by atoms with Gasteiger partial charge in [0.1, 0.15) is 5.58 Å². The van der Waals surface area contributed by atoms with Gasteiger partial charge in [-0.15, -0.1) is 11.3 Å². The van der Waals surface area contributed by atoms with Crippen LogP contribution in [0.5, 0.6) is 0 Å². The maximum absolute atomic E-state index is 12.5. The van der Waals surface area contributed by atoms with Crippen molar-refractivity contribution in [1.29, 1.82) is 0 Å². The second kappa shape index (κ2) is 8.87. The molecule has 0 aliphatic rings. The van der Waals surface area contributed by atoms with Gasteiger partial charge in [-0.25, -0.2) is 9.78 Å². The number of benzene rings is 1. The number of aromatic nitrogens is 1. The number of rotatable bonds is 8. The third-order valence-electron chi connectivity index (χ3n) is 4.44. The Bertz CT molecular complexity index is 1100. The molecule has 1 aromatic carbocycles. The fourth-order valence-corrected chi connectivity index (χ4v) is 3.65. The number of thiazole rings is 1. The topological polar surface area (TPSA) is 113 Å². The molecule has 0 atom stereocenters. The molecule has 0 fully saturated rings. The highest BCUT2D eigenvalue weighted by molar-refractivity contribution is 7.14. The standard InChI is InChI=1S/C20H21N3O5S/c1-3-23(4-2)13-6-5-12-9-14(19(27)28-16(12)10-13)15-11-29-20(21-15)22-17(24)7-8-18(25)26/h5-6,9-11H,3-4,7-8H2,1-2H3,(H,25,26)(H,21,22,24). The molecule has 3 rings (SSSR count). The van der Waals surface area contributed by atoms with E-state index in [2.05, 4.69) is 29.0 Å². The zero-order chi connectivity index (χ0) is 21.0. The summed E-state index contributed by atoms with van der Waals surface area (Å²) in [6.07, 6.45) is -0.398. The van der Waals surface area contributed by atoms with E-state index in [4.69, 9.17) is 9.52 Å². The van der Waals surface area contributed by atoms with Gasteiger partial charge >= 0.3 is 11.6 Å². The SMILES string of the molecule is CCN(CC)c1ccc2cc(-c3csc(NC(=O)CCC(=O)O)n3)c(=O)oc2c1. The molecular weight excluding hydrogens is 394 g/mol. The summed E-state index contributed by atoms with van der Waals surface area (Å²) in [6.45, 7) is 5.83. The second-order valence-corrected chi connectivity index (χ2v) is 7.18. The van der Waals surface area contributed by atoms with E-state index in [1.807, 2.05) is 18.2 Å². The largest absolute Gasteiger partial charge is 0.481 e. The smallest absolute Gasteiger partial charge is 0.345 e. The number of aliphatic carboxylic acids is 1. The maximum Gasteiger partial charge on any atom is 0.345 e. The number of carboxylic acid groups (broad SMARTS) is 1. The highest BCUT2D eigenvalue weighted by Gasteiger charge is 2.14. The average molecular weight is 415 g/mol. The molecule has 0 aliphatic carbocycles. The van der Waals surface area contributed by atoms with E-state index in [9.17, 15) is 14.4 Å². The van der Waals surface area contributed by atoms with Gasteiger partial charge in [0.25, 0.3) is 0 Å². The molecule has 0 saturated carbocycles. The Morgan fingerprint density at radius 3 is 2.66 bits per heavy atom. The van der Waals surface area contributed by atoms with Gasteiger partial charge in [0, 0.05) is 42.0 Å². The van der Waals surface area contributed by atoms with E-state index in [1.165, 1.54) is 0 Å². The highest BCUT2D eigenvalue weighted by atomic mass is 32.1. The van der Waals surface area contributed by atoms with Crippen LogP contribution in [-0.2, 0) is 9.59 Å². The van der Waals surface area contributed by atoms with Gasteiger partial charge in [-0.2, -0.15) is 0 Å². The fourth-order valence-electron chi connectivity index (χ4n) is 2.92. The number of carboxylic acids is 1. The summed E-state index contributed by atoms with van der Waals surface area (Å²) in [7, 11) is 0. The summed E-state index contributed by atoms with van der Waals surface area (Å²) in [5, 5.41) is 13.9. The van der Waals surface area contributed by atoms with E-state index in [0.29, 0.717) is 22.0 Å². The lowest BCUT2D eigenvalue weighted by Gasteiger charge is -2.20. The molecule has 152 valence electrons. The molecular formula is C20H21N3O5S. The van der Waals surface area contributed by atoms with Crippen LogP contribution in [0.25, 0.3) is 22.2 Å². The summed E-state index contributed by atoms with van der Waals surface area (Å²) in [4.78, 5) is 41.2. The summed E-state index contributed by atoms with van der Waals surface area (Å²) < 4.78 is 5.51. The number of hydrogen-bond acceptors (Lipinski definition) is 7. The first-order valence-corrected chi connectivity index (χ1v) is 10.1. The van der Waals surface area contributed by atoms with Crippen molar-refractivity contribution in [2.45, 2.75) is 26.7 Å². The number of carbonyl (C=O) groups is 2. The van der Waals surface area contributed by atoms with Gasteiger partial charge in [0.05, 0.1) is 17.7 Å². The first-order chi connectivity index (χ1) is 13.9. The van der Waals surface area contributed by atoms with Gasteiger partial charge in [-0.05, 0) is 32.0 Å². The fraction of sp³-hybridized carbons (Fsp3) is 0.300. The van der Waals surface area contributed by atoms with Crippen LogP contribution < -0.4 is 15.8 Å². The Hall–Kier alpha value is -3.20. The summed E-state index contributed by atoms with van der Waals surface area (Å²) in [5.74, 6) is -1.49. The molecule has 0 aliphatic heterocycles. The summed E-state index contributed by atoms with van der Waals surface area (Å²) >= 11 is 1.16. The molecule has 9 heteroatoms. The number of nitrogens with one attached hydrogen (secondary N) is 1. The molecule has 0 radical (unpaired) electrons. The van der Waals surface area contributed by atoms with Gasteiger partial charge in [-0.3, -0.25) is 9.59 Å². The Morgan fingerprint density at radius 2 is 1.97 bits per heavy atom. The number of fused-ring (bicyclic) bond motifs is 1. The van der Waals surface area contributed by atoms with Crippen molar-refractivity contribution >= 4 is 45.0 Å². The monoisotopic (exact) mass is 415 g/mol. The van der Waals surface area contributed by atoms with Crippen LogP contribution in [0, 0.1) is 0 Å². The van der Waals surface area contributed by atoms with Crippen molar-refractivity contribution in [1.82, 2.24) is 4.98 Å². The second-order valence-electron chi connectivity index (χ2n) is 6.32. The Kier molecular flexibility index (Phi) is 6.28. The van der Waals surface area contributed by atoms with Crippen LogP contribution in [0.15, 0.2) is 38.9 Å². The average Bonchev–Trinajstić information content (AvgIpc) is 3.14. The third-order valence-corrected chi connectivity index (χ3v) is 5.20. The molecule has 2 aromatic heterocycles. The van der Waals surface area contributed by atoms with Crippen molar-refractivity contribution in [2.24, 2.45) is 0 Å². The van der Waals surface area contributed by atoms with Crippen LogP contribution >= 0.6 is 11.3 Å². The van der Waals surface area contributed by atoms with E-state index in [0.717, 1.165) is 35.5 Å². The predicted molar refractivity (Wildman–Crippen MR) is 113 cm³/mol. The van der Waals surface area contributed by atoms with Gasteiger partial charge in [0.15, 0.2) is 5.13 Å². The number of anilines is 2.